The number of aromatic hydroxyl groups is 4. The molecule has 2 aromatic carbocycles. The first-order valence-electron chi connectivity index (χ1n) is 4.41. The van der Waals surface area contributed by atoms with Crippen molar-refractivity contribution in [2.45, 2.75) is 0 Å². The lowest BCUT2D eigenvalue weighted by Gasteiger charge is -2.09. The van der Waals surface area contributed by atoms with Crippen LogP contribution in [0.3, 0.4) is 0 Å². The topological polar surface area (TPSA) is 98.0 Å². The molecule has 0 atom stereocenters. The van der Waals surface area contributed by atoms with Gasteiger partial charge in [0.15, 0.2) is 17.8 Å². The Morgan fingerprint density at radius 2 is 1.62 bits per heavy atom. The predicted molar refractivity (Wildman–Crippen MR) is 56.0 cm³/mol. The highest BCUT2D eigenvalue weighted by Crippen LogP contribution is 2.46. The van der Waals surface area contributed by atoms with Gasteiger partial charge in [-0.3, -0.25) is 4.79 Å². The van der Waals surface area contributed by atoms with Crippen LogP contribution >= 0.6 is 0 Å². The molecule has 0 aliphatic rings. The van der Waals surface area contributed by atoms with Crippen LogP contribution in [-0.2, 0) is 0 Å². The van der Waals surface area contributed by atoms with Gasteiger partial charge in [0.2, 0.25) is 0 Å². The molecule has 0 saturated heterocycles. The highest BCUT2D eigenvalue weighted by molar-refractivity contribution is 6.05. The molecule has 0 amide bonds. The third-order valence-corrected chi connectivity index (χ3v) is 2.39. The predicted octanol–water partition coefficient (Wildman–Crippen LogP) is 1.47. The van der Waals surface area contributed by atoms with Crippen LogP contribution in [-0.4, -0.2) is 26.7 Å². The van der Waals surface area contributed by atoms with Gasteiger partial charge in [-0.25, -0.2) is 0 Å². The van der Waals surface area contributed by atoms with Crippen molar-refractivity contribution in [3.63, 3.8) is 0 Å². The van der Waals surface area contributed by atoms with E-state index in [1.807, 2.05) is 0 Å². The summed E-state index contributed by atoms with van der Waals surface area (Å²) in [5.41, 5.74) is -0.407. The summed E-state index contributed by atoms with van der Waals surface area (Å²) in [4.78, 5) is 10.6. The SMILES string of the molecule is O=Cc1c(O)c(O)c2c(O)cccc2c1O. The van der Waals surface area contributed by atoms with Crippen LogP contribution in [0.1, 0.15) is 10.4 Å². The second kappa shape index (κ2) is 3.30. The standard InChI is InChI=1S/C11H8O5/c12-4-6-9(14)5-2-1-3-7(13)8(5)11(16)10(6)15/h1-4,13-16H. The van der Waals surface area contributed by atoms with Crippen LogP contribution in [0.2, 0.25) is 0 Å². The molecule has 0 heterocycles. The fraction of sp³-hybridized carbons (Fsp3) is 0. The van der Waals surface area contributed by atoms with Gasteiger partial charge in [0, 0.05) is 5.39 Å². The largest absolute Gasteiger partial charge is 0.507 e. The van der Waals surface area contributed by atoms with Crippen LogP contribution in [0.5, 0.6) is 23.0 Å². The number of hydrogen-bond acceptors (Lipinski definition) is 5. The lowest BCUT2D eigenvalue weighted by molar-refractivity contribution is 0.111. The summed E-state index contributed by atoms with van der Waals surface area (Å²) in [6, 6.07) is 4.15. The molecule has 0 saturated carbocycles. The average Bonchev–Trinajstić information content (AvgIpc) is 2.27. The number of aldehydes is 1. The van der Waals surface area contributed by atoms with Gasteiger partial charge in [0.05, 0.1) is 5.39 Å². The molecule has 0 aromatic heterocycles. The number of hydrogen-bond donors (Lipinski definition) is 4. The van der Waals surface area contributed by atoms with Crippen molar-refractivity contribution < 1.29 is 25.2 Å². The summed E-state index contributed by atoms with van der Waals surface area (Å²) < 4.78 is 0. The number of rotatable bonds is 1. The maximum absolute atomic E-state index is 10.6. The summed E-state index contributed by atoms with van der Waals surface area (Å²) in [6.45, 7) is 0. The maximum Gasteiger partial charge on any atom is 0.172 e. The summed E-state index contributed by atoms with van der Waals surface area (Å²) in [7, 11) is 0. The fourth-order valence-electron chi connectivity index (χ4n) is 1.60. The number of carbonyl (C=O) groups is 1. The van der Waals surface area contributed by atoms with E-state index in [-0.39, 0.29) is 22.8 Å². The number of benzene rings is 2. The zero-order valence-corrected chi connectivity index (χ0v) is 8.01. The maximum atomic E-state index is 10.6. The molecule has 0 spiro atoms. The van der Waals surface area contributed by atoms with Gasteiger partial charge in [-0.2, -0.15) is 0 Å². The quantitative estimate of drug-likeness (QED) is 0.331. The van der Waals surface area contributed by atoms with Crippen LogP contribution in [0.15, 0.2) is 18.2 Å². The smallest absolute Gasteiger partial charge is 0.172 e. The molecule has 82 valence electrons. The molecule has 2 aromatic rings. The van der Waals surface area contributed by atoms with Crippen LogP contribution in [0.25, 0.3) is 10.8 Å². The molecule has 0 unspecified atom stereocenters. The summed E-state index contributed by atoms with van der Waals surface area (Å²) in [6.07, 6.45) is 0.230. The number of phenolic OH excluding ortho intramolecular Hbond substituents is 4. The zero-order valence-electron chi connectivity index (χ0n) is 8.01. The van der Waals surface area contributed by atoms with Crippen LogP contribution in [0, 0.1) is 0 Å². The Kier molecular flexibility index (Phi) is 2.09. The highest BCUT2D eigenvalue weighted by atomic mass is 16.3. The van der Waals surface area contributed by atoms with Gasteiger partial charge < -0.3 is 20.4 Å². The minimum Gasteiger partial charge on any atom is -0.507 e. The Bertz CT molecular complexity index is 589. The Labute approximate surface area is 89.8 Å². The first kappa shape index (κ1) is 10.1. The van der Waals surface area contributed by atoms with Crippen LogP contribution < -0.4 is 0 Å². The van der Waals surface area contributed by atoms with Gasteiger partial charge >= 0.3 is 0 Å². The Balaban J connectivity index is 3.07. The molecular formula is C11H8O5. The third kappa shape index (κ3) is 1.15. The van der Waals surface area contributed by atoms with E-state index in [4.69, 9.17) is 0 Å². The van der Waals surface area contributed by atoms with Crippen molar-refractivity contribution in [2.24, 2.45) is 0 Å². The molecule has 5 nitrogen and oxygen atoms in total. The molecule has 0 aliphatic carbocycles. The minimum atomic E-state index is -0.749. The van der Waals surface area contributed by atoms with E-state index in [0.717, 1.165) is 0 Å². The van der Waals surface area contributed by atoms with Gasteiger partial charge in [-0.1, -0.05) is 12.1 Å². The van der Waals surface area contributed by atoms with Crippen molar-refractivity contribution in [3.8, 4) is 23.0 Å². The highest BCUT2D eigenvalue weighted by Gasteiger charge is 2.19. The van der Waals surface area contributed by atoms with Crippen molar-refractivity contribution in [2.75, 3.05) is 0 Å². The zero-order chi connectivity index (χ0) is 11.9. The van der Waals surface area contributed by atoms with Gasteiger partial charge in [0.25, 0.3) is 0 Å². The van der Waals surface area contributed by atoms with Crippen molar-refractivity contribution in [3.05, 3.63) is 23.8 Å². The second-order valence-corrected chi connectivity index (χ2v) is 3.28. The first-order valence-corrected chi connectivity index (χ1v) is 4.41. The molecule has 16 heavy (non-hydrogen) atoms. The number of phenols is 4. The van der Waals surface area contributed by atoms with Gasteiger partial charge in [0.1, 0.15) is 17.1 Å². The molecule has 0 aliphatic heterocycles. The monoisotopic (exact) mass is 220 g/mol. The van der Waals surface area contributed by atoms with E-state index >= 15 is 0 Å². The normalized spacial score (nSPS) is 10.5. The molecule has 0 radical (unpaired) electrons. The van der Waals surface area contributed by atoms with E-state index < -0.39 is 22.8 Å². The molecule has 0 fully saturated rings. The number of carbonyl (C=O) groups excluding carboxylic acids is 1. The van der Waals surface area contributed by atoms with Gasteiger partial charge in [-0.15, -0.1) is 0 Å². The lowest BCUT2D eigenvalue weighted by Crippen LogP contribution is -1.87. The Hall–Kier alpha value is -2.43. The summed E-state index contributed by atoms with van der Waals surface area (Å²) in [5.74, 6) is -2.15. The second-order valence-electron chi connectivity index (χ2n) is 3.28. The van der Waals surface area contributed by atoms with Crippen molar-refractivity contribution >= 4 is 17.1 Å². The molecule has 5 heteroatoms. The van der Waals surface area contributed by atoms with E-state index in [2.05, 4.69) is 0 Å². The van der Waals surface area contributed by atoms with Crippen LogP contribution in [0.4, 0.5) is 0 Å². The Morgan fingerprint density at radius 3 is 2.25 bits per heavy atom. The van der Waals surface area contributed by atoms with Gasteiger partial charge in [-0.05, 0) is 6.07 Å². The lowest BCUT2D eigenvalue weighted by atomic mass is 10.0. The Morgan fingerprint density at radius 1 is 0.938 bits per heavy atom. The molecule has 4 N–H and O–H groups in total. The fourth-order valence-corrected chi connectivity index (χ4v) is 1.60. The average molecular weight is 220 g/mol. The molecule has 0 bridgehead atoms. The first-order chi connectivity index (χ1) is 7.57. The van der Waals surface area contributed by atoms with Crippen molar-refractivity contribution in [1.82, 2.24) is 0 Å². The van der Waals surface area contributed by atoms with E-state index in [1.54, 1.807) is 0 Å². The van der Waals surface area contributed by atoms with E-state index in [9.17, 15) is 25.2 Å². The minimum absolute atomic E-state index is 0.0944. The molecule has 2 rings (SSSR count). The molecular weight excluding hydrogens is 212 g/mol. The summed E-state index contributed by atoms with van der Waals surface area (Å²) >= 11 is 0. The van der Waals surface area contributed by atoms with E-state index in [0.29, 0.717) is 0 Å². The van der Waals surface area contributed by atoms with E-state index in [1.165, 1.54) is 18.2 Å². The van der Waals surface area contributed by atoms with Crippen molar-refractivity contribution in [1.29, 1.82) is 0 Å². The third-order valence-electron chi connectivity index (χ3n) is 2.39. The number of fused-ring (bicyclic) bond motifs is 1. The summed E-state index contributed by atoms with van der Waals surface area (Å²) in [5, 5.41) is 38.2.